The molecule has 0 spiro atoms. The molecule has 0 aliphatic carbocycles. The SMILES string of the molecule is C[C@@H](NC(=O)c1nn(-c2cccc(Cl)c2)c(=O)n(Cc2cccc(F)c2)c1=O)c1ccccc1. The van der Waals surface area contributed by atoms with E-state index in [1.54, 1.807) is 31.2 Å². The molecule has 4 aromatic rings. The van der Waals surface area contributed by atoms with Crippen LogP contribution in [0.25, 0.3) is 5.69 Å². The molecular weight excluding hydrogens is 459 g/mol. The quantitative estimate of drug-likeness (QED) is 0.457. The summed E-state index contributed by atoms with van der Waals surface area (Å²) in [5, 5.41) is 7.17. The van der Waals surface area contributed by atoms with Crippen molar-refractivity contribution in [3.8, 4) is 5.69 Å². The second-order valence-electron chi connectivity index (χ2n) is 7.65. The second kappa shape index (κ2) is 9.84. The van der Waals surface area contributed by atoms with Gasteiger partial charge in [0.25, 0.3) is 11.5 Å². The highest BCUT2D eigenvalue weighted by Gasteiger charge is 2.22. The summed E-state index contributed by atoms with van der Waals surface area (Å²) < 4.78 is 15.5. The molecule has 0 radical (unpaired) electrons. The molecule has 0 saturated heterocycles. The number of halogens is 2. The first-order valence-electron chi connectivity index (χ1n) is 10.4. The van der Waals surface area contributed by atoms with Crippen LogP contribution in [0.5, 0.6) is 0 Å². The summed E-state index contributed by atoms with van der Waals surface area (Å²) in [6.45, 7) is 1.53. The number of hydrogen-bond donors (Lipinski definition) is 1. The van der Waals surface area contributed by atoms with Crippen LogP contribution >= 0.6 is 11.6 Å². The van der Waals surface area contributed by atoms with Crippen LogP contribution in [0.4, 0.5) is 4.39 Å². The van der Waals surface area contributed by atoms with Gasteiger partial charge in [0.15, 0.2) is 0 Å². The first kappa shape index (κ1) is 23.1. The van der Waals surface area contributed by atoms with Gasteiger partial charge in [0.05, 0.1) is 18.3 Å². The molecule has 9 heteroatoms. The first-order chi connectivity index (χ1) is 16.3. The van der Waals surface area contributed by atoms with Crippen LogP contribution < -0.4 is 16.6 Å². The highest BCUT2D eigenvalue weighted by Crippen LogP contribution is 2.14. The van der Waals surface area contributed by atoms with E-state index in [1.807, 2.05) is 30.3 Å². The molecule has 4 rings (SSSR count). The van der Waals surface area contributed by atoms with E-state index in [-0.39, 0.29) is 12.2 Å². The lowest BCUT2D eigenvalue weighted by Crippen LogP contribution is -2.46. The van der Waals surface area contributed by atoms with E-state index in [9.17, 15) is 18.8 Å². The minimum Gasteiger partial charge on any atom is -0.344 e. The molecule has 0 aliphatic heterocycles. The van der Waals surface area contributed by atoms with Gasteiger partial charge in [-0.3, -0.25) is 14.2 Å². The van der Waals surface area contributed by atoms with Crippen molar-refractivity contribution in [1.29, 1.82) is 0 Å². The average molecular weight is 479 g/mol. The second-order valence-corrected chi connectivity index (χ2v) is 8.09. The Morgan fingerprint density at radius 1 is 1.03 bits per heavy atom. The minimum absolute atomic E-state index is 0.243. The Labute approximate surface area is 199 Å². The first-order valence-corrected chi connectivity index (χ1v) is 10.8. The van der Waals surface area contributed by atoms with Crippen LogP contribution in [0.15, 0.2) is 88.5 Å². The lowest BCUT2D eigenvalue weighted by molar-refractivity contribution is 0.0930. The van der Waals surface area contributed by atoms with E-state index < -0.39 is 34.7 Å². The molecule has 1 N–H and O–H groups in total. The van der Waals surface area contributed by atoms with Crippen molar-refractivity contribution in [2.75, 3.05) is 0 Å². The Hall–Kier alpha value is -4.04. The van der Waals surface area contributed by atoms with Crippen molar-refractivity contribution in [2.45, 2.75) is 19.5 Å². The summed E-state index contributed by atoms with van der Waals surface area (Å²) in [6, 6.07) is 20.6. The smallest absolute Gasteiger partial charge is 0.344 e. The third kappa shape index (κ3) is 4.97. The topological polar surface area (TPSA) is 86.0 Å². The Balaban J connectivity index is 1.82. The van der Waals surface area contributed by atoms with E-state index in [4.69, 9.17) is 11.6 Å². The Morgan fingerprint density at radius 3 is 2.47 bits per heavy atom. The highest BCUT2D eigenvalue weighted by molar-refractivity contribution is 6.30. The summed E-state index contributed by atoms with van der Waals surface area (Å²) >= 11 is 6.07. The molecule has 172 valence electrons. The predicted octanol–water partition coefficient (Wildman–Crippen LogP) is 3.73. The fraction of sp³-hybridized carbons (Fsp3) is 0.120. The Morgan fingerprint density at radius 2 is 1.76 bits per heavy atom. The van der Waals surface area contributed by atoms with Gasteiger partial charge in [-0.1, -0.05) is 60.1 Å². The van der Waals surface area contributed by atoms with E-state index in [0.29, 0.717) is 10.6 Å². The molecule has 3 aromatic carbocycles. The van der Waals surface area contributed by atoms with E-state index in [2.05, 4.69) is 10.4 Å². The normalized spacial score (nSPS) is 11.7. The fourth-order valence-electron chi connectivity index (χ4n) is 3.48. The molecule has 1 heterocycles. The number of nitrogens with zero attached hydrogens (tertiary/aromatic N) is 3. The number of hydrogen-bond acceptors (Lipinski definition) is 4. The summed E-state index contributed by atoms with van der Waals surface area (Å²) in [6.07, 6.45) is 0. The van der Waals surface area contributed by atoms with E-state index in [1.165, 1.54) is 24.3 Å². The zero-order chi connectivity index (χ0) is 24.2. The van der Waals surface area contributed by atoms with Gasteiger partial charge >= 0.3 is 5.69 Å². The minimum atomic E-state index is -0.884. The lowest BCUT2D eigenvalue weighted by Gasteiger charge is -2.16. The maximum absolute atomic E-state index is 13.7. The molecule has 1 atom stereocenters. The van der Waals surface area contributed by atoms with E-state index in [0.717, 1.165) is 14.8 Å². The van der Waals surface area contributed by atoms with Crippen LogP contribution in [0.1, 0.15) is 34.6 Å². The molecular formula is C25H20ClFN4O3. The van der Waals surface area contributed by atoms with Crippen molar-refractivity contribution >= 4 is 17.5 Å². The zero-order valence-electron chi connectivity index (χ0n) is 18.1. The van der Waals surface area contributed by atoms with Crippen LogP contribution in [0.2, 0.25) is 5.02 Å². The van der Waals surface area contributed by atoms with Gasteiger partial charge in [0.2, 0.25) is 5.69 Å². The average Bonchev–Trinajstić information content (AvgIpc) is 2.82. The van der Waals surface area contributed by atoms with Crippen molar-refractivity contribution < 1.29 is 9.18 Å². The van der Waals surface area contributed by atoms with Crippen LogP contribution in [0, 0.1) is 5.82 Å². The molecule has 0 aliphatic rings. The van der Waals surface area contributed by atoms with Crippen molar-refractivity contribution in [2.24, 2.45) is 0 Å². The number of benzene rings is 3. The third-order valence-corrected chi connectivity index (χ3v) is 5.44. The molecule has 34 heavy (non-hydrogen) atoms. The van der Waals surface area contributed by atoms with E-state index >= 15 is 0 Å². The number of carbonyl (C=O) groups excluding carboxylic acids is 1. The maximum Gasteiger partial charge on any atom is 0.352 e. The maximum atomic E-state index is 13.7. The zero-order valence-corrected chi connectivity index (χ0v) is 18.9. The van der Waals surface area contributed by atoms with Gasteiger partial charge in [0, 0.05) is 5.02 Å². The predicted molar refractivity (Wildman–Crippen MR) is 127 cm³/mol. The molecule has 1 amide bonds. The van der Waals surface area contributed by atoms with Crippen LogP contribution in [0.3, 0.4) is 0 Å². The van der Waals surface area contributed by atoms with Gasteiger partial charge in [-0.25, -0.2) is 9.18 Å². The van der Waals surface area contributed by atoms with Gasteiger partial charge in [0.1, 0.15) is 5.82 Å². The van der Waals surface area contributed by atoms with Crippen LogP contribution in [-0.4, -0.2) is 20.3 Å². The summed E-state index contributed by atoms with van der Waals surface area (Å²) in [5.74, 6) is -1.26. The number of carbonyl (C=O) groups is 1. The summed E-state index contributed by atoms with van der Waals surface area (Å²) in [5.41, 5.74) is -0.657. The molecule has 1 aromatic heterocycles. The Kier molecular flexibility index (Phi) is 6.70. The summed E-state index contributed by atoms with van der Waals surface area (Å²) in [4.78, 5) is 39.5. The number of amides is 1. The van der Waals surface area contributed by atoms with Gasteiger partial charge in [-0.2, -0.15) is 9.78 Å². The van der Waals surface area contributed by atoms with Gasteiger partial charge in [-0.15, -0.1) is 0 Å². The highest BCUT2D eigenvalue weighted by atomic mass is 35.5. The lowest BCUT2D eigenvalue weighted by atomic mass is 10.1. The largest absolute Gasteiger partial charge is 0.352 e. The molecule has 0 saturated carbocycles. The van der Waals surface area contributed by atoms with Crippen molar-refractivity contribution in [1.82, 2.24) is 19.7 Å². The molecule has 0 bridgehead atoms. The number of rotatable bonds is 6. The van der Waals surface area contributed by atoms with Crippen molar-refractivity contribution in [3.63, 3.8) is 0 Å². The van der Waals surface area contributed by atoms with Crippen LogP contribution in [-0.2, 0) is 6.54 Å². The number of nitrogens with one attached hydrogen (secondary N) is 1. The molecule has 0 unspecified atom stereocenters. The summed E-state index contributed by atoms with van der Waals surface area (Å²) in [7, 11) is 0. The molecule has 0 fully saturated rings. The fourth-order valence-corrected chi connectivity index (χ4v) is 3.67. The van der Waals surface area contributed by atoms with Gasteiger partial charge < -0.3 is 5.32 Å². The monoisotopic (exact) mass is 478 g/mol. The van der Waals surface area contributed by atoms with Gasteiger partial charge in [-0.05, 0) is 48.4 Å². The molecule has 7 nitrogen and oxygen atoms in total. The standard InChI is InChI=1S/C25H20ClFN4O3/c1-16(18-8-3-2-4-9-18)28-23(32)22-24(33)30(15-17-7-5-11-20(27)13-17)25(34)31(29-22)21-12-6-10-19(26)14-21/h2-14,16H,15H2,1H3,(H,28,32)/t16-/m1/s1. The third-order valence-electron chi connectivity index (χ3n) is 5.20. The van der Waals surface area contributed by atoms with Crippen molar-refractivity contribution in [3.05, 3.63) is 127 Å². The number of aromatic nitrogens is 3. The Bertz CT molecular complexity index is 1470.